The zero-order valence-electron chi connectivity index (χ0n) is 11.1. The second-order valence-electron chi connectivity index (χ2n) is 4.18. The number of thioether (sulfide) groups is 1. The van der Waals surface area contributed by atoms with Crippen LogP contribution in [0.1, 0.15) is 11.3 Å². The first-order valence-electron chi connectivity index (χ1n) is 6.20. The molecule has 0 aliphatic rings. The third-order valence-electron chi connectivity index (χ3n) is 2.54. The molecule has 2 rings (SSSR count). The Hall–Kier alpha value is -1.38. The third kappa shape index (κ3) is 3.81. The second kappa shape index (κ2) is 6.87. The highest BCUT2D eigenvalue weighted by atomic mass is 32.2. The minimum Gasteiger partial charge on any atom is -0.355 e. The van der Waals surface area contributed by atoms with Crippen LogP contribution in [0.25, 0.3) is 10.2 Å². The average molecular weight is 312 g/mol. The summed E-state index contributed by atoms with van der Waals surface area (Å²) >= 11 is 2.86. The number of fused-ring (bicyclic) bond motifs is 1. The molecule has 0 fully saturated rings. The van der Waals surface area contributed by atoms with Crippen molar-refractivity contribution in [1.29, 1.82) is 0 Å². The van der Waals surface area contributed by atoms with Gasteiger partial charge < -0.3 is 16.0 Å². The van der Waals surface area contributed by atoms with E-state index in [0.29, 0.717) is 35.8 Å². The quantitative estimate of drug-likeness (QED) is 0.542. The molecule has 0 saturated heterocycles. The molecule has 0 aliphatic carbocycles. The van der Waals surface area contributed by atoms with Gasteiger partial charge in [-0.15, -0.1) is 11.3 Å². The van der Waals surface area contributed by atoms with Gasteiger partial charge in [-0.1, -0.05) is 11.8 Å². The first kappa shape index (κ1) is 15.0. The highest BCUT2D eigenvalue weighted by Gasteiger charge is 2.08. The van der Waals surface area contributed by atoms with Crippen molar-refractivity contribution in [3.63, 3.8) is 0 Å². The highest BCUT2D eigenvalue weighted by molar-refractivity contribution is 7.99. The lowest BCUT2D eigenvalue weighted by Gasteiger charge is -2.03. The molecule has 0 atom stereocenters. The van der Waals surface area contributed by atoms with Crippen LogP contribution >= 0.6 is 23.1 Å². The number of H-pyrrole nitrogens is 1. The summed E-state index contributed by atoms with van der Waals surface area (Å²) in [4.78, 5) is 32.2. The molecule has 2 aromatic heterocycles. The number of aromatic nitrogens is 2. The van der Waals surface area contributed by atoms with E-state index >= 15 is 0 Å². The summed E-state index contributed by atoms with van der Waals surface area (Å²) in [7, 11) is 0. The van der Waals surface area contributed by atoms with Crippen molar-refractivity contribution in [2.45, 2.75) is 18.5 Å². The minimum atomic E-state index is -0.130. The van der Waals surface area contributed by atoms with Gasteiger partial charge in [-0.3, -0.25) is 9.59 Å². The number of nitrogens with zero attached hydrogens (tertiary/aromatic N) is 1. The number of hydrogen-bond acceptors (Lipinski definition) is 6. The Morgan fingerprint density at radius 1 is 1.60 bits per heavy atom. The Morgan fingerprint density at radius 3 is 3.15 bits per heavy atom. The predicted octanol–water partition coefficient (Wildman–Crippen LogP) is 0.850. The molecule has 0 unspecified atom stereocenters. The second-order valence-corrected chi connectivity index (χ2v) is 6.50. The maximum Gasteiger partial charge on any atom is 0.260 e. The van der Waals surface area contributed by atoms with Gasteiger partial charge in [-0.05, 0) is 13.0 Å². The van der Waals surface area contributed by atoms with Gasteiger partial charge in [0.1, 0.15) is 4.83 Å². The fraction of sp³-hybridized carbons (Fsp3) is 0.417. The van der Waals surface area contributed by atoms with E-state index < -0.39 is 0 Å². The molecule has 0 aliphatic heterocycles. The van der Waals surface area contributed by atoms with E-state index in [0.717, 1.165) is 9.71 Å². The molecular formula is C12H16N4O2S2. The Balaban J connectivity index is 1.96. The highest BCUT2D eigenvalue weighted by Crippen LogP contribution is 2.22. The molecule has 8 heteroatoms. The predicted molar refractivity (Wildman–Crippen MR) is 82.4 cm³/mol. The standard InChI is InChI=1S/C12H16N4O2S2/c1-7-6-8-10(18)15-12(16-11(8)20-7)19-5-2-9(17)14-4-3-13/h6H,2-5,13H2,1H3,(H,14,17)(H,15,16,18). The van der Waals surface area contributed by atoms with E-state index in [1.165, 1.54) is 23.1 Å². The lowest BCUT2D eigenvalue weighted by atomic mass is 10.4. The lowest BCUT2D eigenvalue weighted by molar-refractivity contribution is -0.120. The first-order valence-corrected chi connectivity index (χ1v) is 8.00. The topological polar surface area (TPSA) is 101 Å². The van der Waals surface area contributed by atoms with Gasteiger partial charge in [0.05, 0.1) is 5.39 Å². The molecule has 2 heterocycles. The molecule has 0 radical (unpaired) electrons. The van der Waals surface area contributed by atoms with Crippen molar-refractivity contribution >= 4 is 39.2 Å². The fourth-order valence-electron chi connectivity index (χ4n) is 1.64. The van der Waals surface area contributed by atoms with Crippen LogP contribution in [0.2, 0.25) is 0 Å². The summed E-state index contributed by atoms with van der Waals surface area (Å²) in [5.41, 5.74) is 5.17. The largest absolute Gasteiger partial charge is 0.355 e. The molecule has 4 N–H and O–H groups in total. The van der Waals surface area contributed by atoms with E-state index in [1.54, 1.807) is 0 Å². The average Bonchev–Trinajstić information content (AvgIpc) is 2.77. The third-order valence-corrected chi connectivity index (χ3v) is 4.36. The molecule has 20 heavy (non-hydrogen) atoms. The zero-order valence-corrected chi connectivity index (χ0v) is 12.7. The number of thiophene rings is 1. The fourth-order valence-corrected chi connectivity index (χ4v) is 3.38. The summed E-state index contributed by atoms with van der Waals surface area (Å²) in [6.45, 7) is 2.86. The molecule has 1 amide bonds. The minimum absolute atomic E-state index is 0.0432. The molecule has 0 aromatic carbocycles. The lowest BCUT2D eigenvalue weighted by Crippen LogP contribution is -2.29. The Morgan fingerprint density at radius 2 is 2.40 bits per heavy atom. The maximum atomic E-state index is 11.9. The molecule has 0 bridgehead atoms. The number of aromatic amines is 1. The van der Waals surface area contributed by atoms with E-state index in [2.05, 4.69) is 15.3 Å². The number of amides is 1. The monoisotopic (exact) mass is 312 g/mol. The van der Waals surface area contributed by atoms with Crippen LogP contribution in [0.5, 0.6) is 0 Å². The molecule has 2 aromatic rings. The van der Waals surface area contributed by atoms with Gasteiger partial charge in [0.25, 0.3) is 5.56 Å². The van der Waals surface area contributed by atoms with Crippen LogP contribution in [0, 0.1) is 6.92 Å². The summed E-state index contributed by atoms with van der Waals surface area (Å²) < 4.78 is 0. The number of nitrogens with one attached hydrogen (secondary N) is 2. The van der Waals surface area contributed by atoms with Crippen LogP contribution in [0.15, 0.2) is 16.0 Å². The van der Waals surface area contributed by atoms with Crippen LogP contribution in [0.3, 0.4) is 0 Å². The number of hydrogen-bond donors (Lipinski definition) is 3. The van der Waals surface area contributed by atoms with Crippen molar-refractivity contribution in [2.24, 2.45) is 5.73 Å². The number of nitrogens with two attached hydrogens (primary N) is 1. The number of carbonyl (C=O) groups excluding carboxylic acids is 1. The normalized spacial score (nSPS) is 10.9. The van der Waals surface area contributed by atoms with E-state index in [1.807, 2.05) is 13.0 Å². The molecule has 108 valence electrons. The van der Waals surface area contributed by atoms with Gasteiger partial charge in [-0.25, -0.2) is 4.98 Å². The van der Waals surface area contributed by atoms with Crippen molar-refractivity contribution in [1.82, 2.24) is 15.3 Å². The summed E-state index contributed by atoms with van der Waals surface area (Å²) in [5.74, 6) is 0.521. The van der Waals surface area contributed by atoms with E-state index in [4.69, 9.17) is 5.73 Å². The van der Waals surface area contributed by atoms with Gasteiger partial charge in [0, 0.05) is 30.1 Å². The summed E-state index contributed by atoms with van der Waals surface area (Å²) in [6.07, 6.45) is 0.371. The number of aryl methyl sites for hydroxylation is 1. The Labute approximate surface area is 124 Å². The SMILES string of the molecule is Cc1cc2c(=O)[nH]c(SCCC(=O)NCCN)nc2s1. The van der Waals surface area contributed by atoms with Gasteiger partial charge in [-0.2, -0.15) is 0 Å². The smallest absolute Gasteiger partial charge is 0.260 e. The molecule has 6 nitrogen and oxygen atoms in total. The van der Waals surface area contributed by atoms with Crippen molar-refractivity contribution in [3.05, 3.63) is 21.3 Å². The Kier molecular flexibility index (Phi) is 5.16. The Bertz CT molecular complexity index is 665. The van der Waals surface area contributed by atoms with Gasteiger partial charge in [0.15, 0.2) is 5.16 Å². The van der Waals surface area contributed by atoms with E-state index in [9.17, 15) is 9.59 Å². The zero-order chi connectivity index (χ0) is 14.5. The molecule has 0 saturated carbocycles. The van der Waals surface area contributed by atoms with Crippen LogP contribution in [0.4, 0.5) is 0 Å². The number of carbonyl (C=O) groups is 1. The summed E-state index contributed by atoms with van der Waals surface area (Å²) in [5, 5.41) is 3.87. The van der Waals surface area contributed by atoms with E-state index in [-0.39, 0.29) is 11.5 Å². The first-order chi connectivity index (χ1) is 9.60. The van der Waals surface area contributed by atoms with Gasteiger partial charge >= 0.3 is 0 Å². The van der Waals surface area contributed by atoms with Crippen LogP contribution < -0.4 is 16.6 Å². The molecular weight excluding hydrogens is 296 g/mol. The molecule has 0 spiro atoms. The maximum absolute atomic E-state index is 11.9. The van der Waals surface area contributed by atoms with Gasteiger partial charge in [0.2, 0.25) is 5.91 Å². The van der Waals surface area contributed by atoms with Crippen molar-refractivity contribution in [3.8, 4) is 0 Å². The number of rotatable bonds is 6. The van der Waals surface area contributed by atoms with Crippen molar-refractivity contribution < 1.29 is 4.79 Å². The van der Waals surface area contributed by atoms with Crippen LogP contribution in [-0.2, 0) is 4.79 Å². The summed E-state index contributed by atoms with van der Waals surface area (Å²) in [6, 6.07) is 1.83. The van der Waals surface area contributed by atoms with Crippen LogP contribution in [-0.4, -0.2) is 34.7 Å². The van der Waals surface area contributed by atoms with Crippen molar-refractivity contribution in [2.75, 3.05) is 18.8 Å².